The molecule has 0 spiro atoms. The standard InChI is InChI=1S/C13H17N3O2S/c1-10-15-11(9-17-10)8-16-5-2-12(3-6-16)18-13-14-4-7-19-13/h4,7,9,12H,2-3,5-6,8H2,1H3. The summed E-state index contributed by atoms with van der Waals surface area (Å²) in [5, 5.41) is 2.72. The zero-order valence-corrected chi connectivity index (χ0v) is 11.7. The number of nitrogens with zero attached hydrogens (tertiary/aromatic N) is 3. The molecule has 0 atom stereocenters. The van der Waals surface area contributed by atoms with E-state index < -0.39 is 0 Å². The highest BCUT2D eigenvalue weighted by Gasteiger charge is 2.21. The molecular formula is C13H17N3O2S. The van der Waals surface area contributed by atoms with E-state index in [0.717, 1.165) is 49.3 Å². The van der Waals surface area contributed by atoms with Gasteiger partial charge in [0.05, 0.1) is 5.69 Å². The Morgan fingerprint density at radius 3 is 2.95 bits per heavy atom. The van der Waals surface area contributed by atoms with Gasteiger partial charge in [-0.3, -0.25) is 4.90 Å². The van der Waals surface area contributed by atoms with Crippen LogP contribution in [0.15, 0.2) is 22.3 Å². The van der Waals surface area contributed by atoms with E-state index in [4.69, 9.17) is 9.15 Å². The zero-order valence-electron chi connectivity index (χ0n) is 10.9. The highest BCUT2D eigenvalue weighted by Crippen LogP contribution is 2.21. The van der Waals surface area contributed by atoms with Crippen molar-refractivity contribution in [1.29, 1.82) is 0 Å². The summed E-state index contributed by atoms with van der Waals surface area (Å²) < 4.78 is 11.1. The maximum atomic E-state index is 5.84. The van der Waals surface area contributed by atoms with Crippen LogP contribution in [0, 0.1) is 6.92 Å². The fourth-order valence-electron chi connectivity index (χ4n) is 2.31. The van der Waals surface area contributed by atoms with Crippen molar-refractivity contribution in [2.24, 2.45) is 0 Å². The largest absolute Gasteiger partial charge is 0.467 e. The highest BCUT2D eigenvalue weighted by atomic mass is 32.1. The third kappa shape index (κ3) is 3.33. The Morgan fingerprint density at radius 2 is 2.32 bits per heavy atom. The van der Waals surface area contributed by atoms with Crippen LogP contribution < -0.4 is 4.74 Å². The molecule has 19 heavy (non-hydrogen) atoms. The second-order valence-electron chi connectivity index (χ2n) is 4.75. The van der Waals surface area contributed by atoms with E-state index in [1.165, 1.54) is 0 Å². The molecule has 0 bridgehead atoms. The molecule has 3 rings (SSSR count). The van der Waals surface area contributed by atoms with Crippen LogP contribution in [0.2, 0.25) is 0 Å². The molecule has 0 radical (unpaired) electrons. The summed E-state index contributed by atoms with van der Waals surface area (Å²) in [6.07, 6.45) is 5.89. The molecule has 3 heterocycles. The number of rotatable bonds is 4. The lowest BCUT2D eigenvalue weighted by Crippen LogP contribution is -2.37. The second kappa shape index (κ2) is 5.71. The Balaban J connectivity index is 1.46. The van der Waals surface area contributed by atoms with Crippen LogP contribution in [0.5, 0.6) is 5.19 Å². The van der Waals surface area contributed by atoms with Gasteiger partial charge >= 0.3 is 0 Å². The summed E-state index contributed by atoms with van der Waals surface area (Å²) >= 11 is 1.55. The Kier molecular flexibility index (Phi) is 3.79. The number of likely N-dealkylation sites (tertiary alicyclic amines) is 1. The summed E-state index contributed by atoms with van der Waals surface area (Å²) in [4.78, 5) is 10.9. The SMILES string of the molecule is Cc1nc(CN2CCC(Oc3nccs3)CC2)co1. The van der Waals surface area contributed by atoms with Crippen molar-refractivity contribution in [1.82, 2.24) is 14.9 Å². The van der Waals surface area contributed by atoms with Crippen molar-refractivity contribution in [2.75, 3.05) is 13.1 Å². The normalized spacial score (nSPS) is 17.7. The molecule has 2 aromatic rings. The maximum Gasteiger partial charge on any atom is 0.273 e. The van der Waals surface area contributed by atoms with Crippen LogP contribution in [0.25, 0.3) is 0 Å². The van der Waals surface area contributed by atoms with E-state index in [9.17, 15) is 0 Å². The summed E-state index contributed by atoms with van der Waals surface area (Å²) in [5.41, 5.74) is 1.01. The molecule has 2 aromatic heterocycles. The van der Waals surface area contributed by atoms with Gasteiger partial charge in [-0.25, -0.2) is 9.97 Å². The molecule has 1 fully saturated rings. The molecule has 0 aliphatic carbocycles. The van der Waals surface area contributed by atoms with Crippen LogP contribution in [0.1, 0.15) is 24.4 Å². The Hall–Kier alpha value is -1.40. The van der Waals surface area contributed by atoms with E-state index in [-0.39, 0.29) is 0 Å². The average molecular weight is 279 g/mol. The van der Waals surface area contributed by atoms with Gasteiger partial charge < -0.3 is 9.15 Å². The van der Waals surface area contributed by atoms with E-state index in [1.807, 2.05) is 12.3 Å². The van der Waals surface area contributed by atoms with Crippen molar-refractivity contribution in [3.05, 3.63) is 29.4 Å². The molecule has 6 heteroatoms. The minimum absolute atomic E-state index is 0.293. The van der Waals surface area contributed by atoms with Gasteiger partial charge in [0.25, 0.3) is 5.19 Å². The van der Waals surface area contributed by atoms with E-state index in [1.54, 1.807) is 23.8 Å². The molecule has 0 unspecified atom stereocenters. The van der Waals surface area contributed by atoms with Crippen molar-refractivity contribution in [2.45, 2.75) is 32.4 Å². The van der Waals surface area contributed by atoms with Gasteiger partial charge in [0.1, 0.15) is 12.4 Å². The molecule has 102 valence electrons. The third-order valence-electron chi connectivity index (χ3n) is 3.26. The lowest BCUT2D eigenvalue weighted by Gasteiger charge is -2.30. The van der Waals surface area contributed by atoms with E-state index in [2.05, 4.69) is 14.9 Å². The maximum absolute atomic E-state index is 5.84. The van der Waals surface area contributed by atoms with Gasteiger partial charge in [0.15, 0.2) is 5.89 Å². The van der Waals surface area contributed by atoms with Gasteiger partial charge in [0.2, 0.25) is 0 Å². The Labute approximate surface area is 116 Å². The molecule has 0 aromatic carbocycles. The lowest BCUT2D eigenvalue weighted by atomic mass is 10.1. The molecule has 0 N–H and O–H groups in total. The number of hydrogen-bond acceptors (Lipinski definition) is 6. The van der Waals surface area contributed by atoms with Crippen LogP contribution >= 0.6 is 11.3 Å². The van der Waals surface area contributed by atoms with Crippen molar-refractivity contribution < 1.29 is 9.15 Å². The minimum Gasteiger partial charge on any atom is -0.467 e. The number of aromatic nitrogens is 2. The molecule has 5 nitrogen and oxygen atoms in total. The monoisotopic (exact) mass is 279 g/mol. The number of aryl methyl sites for hydroxylation is 1. The van der Waals surface area contributed by atoms with Crippen LogP contribution in [-0.4, -0.2) is 34.1 Å². The molecular weight excluding hydrogens is 262 g/mol. The predicted octanol–water partition coefficient (Wildman–Crippen LogP) is 2.48. The second-order valence-corrected chi connectivity index (χ2v) is 5.61. The first kappa shape index (κ1) is 12.6. The van der Waals surface area contributed by atoms with Gasteiger partial charge in [0, 0.05) is 38.1 Å². The zero-order chi connectivity index (χ0) is 13.1. The number of thiazole rings is 1. The van der Waals surface area contributed by atoms with Gasteiger partial charge in [-0.2, -0.15) is 0 Å². The lowest BCUT2D eigenvalue weighted by molar-refractivity contribution is 0.0958. The summed E-state index contributed by atoms with van der Waals surface area (Å²) in [7, 11) is 0. The number of piperidine rings is 1. The van der Waals surface area contributed by atoms with Gasteiger partial charge in [-0.05, 0) is 12.8 Å². The van der Waals surface area contributed by atoms with Crippen LogP contribution in [-0.2, 0) is 6.54 Å². The van der Waals surface area contributed by atoms with E-state index >= 15 is 0 Å². The molecule has 0 saturated carbocycles. The predicted molar refractivity (Wildman–Crippen MR) is 72.3 cm³/mol. The first-order chi connectivity index (χ1) is 9.29. The minimum atomic E-state index is 0.293. The first-order valence-electron chi connectivity index (χ1n) is 6.49. The molecule has 1 saturated heterocycles. The highest BCUT2D eigenvalue weighted by molar-refractivity contribution is 7.11. The molecule has 1 aliphatic rings. The number of oxazole rings is 1. The molecule has 1 aliphatic heterocycles. The molecule has 0 amide bonds. The van der Waals surface area contributed by atoms with Gasteiger partial charge in [-0.15, -0.1) is 0 Å². The van der Waals surface area contributed by atoms with Crippen LogP contribution in [0.3, 0.4) is 0 Å². The third-order valence-corrected chi connectivity index (χ3v) is 3.92. The smallest absolute Gasteiger partial charge is 0.273 e. The number of hydrogen-bond donors (Lipinski definition) is 0. The van der Waals surface area contributed by atoms with Crippen molar-refractivity contribution >= 4 is 11.3 Å². The fraction of sp³-hybridized carbons (Fsp3) is 0.538. The first-order valence-corrected chi connectivity index (χ1v) is 7.37. The quantitative estimate of drug-likeness (QED) is 0.860. The summed E-state index contributed by atoms with van der Waals surface area (Å²) in [6, 6.07) is 0. The average Bonchev–Trinajstić information content (AvgIpc) is 3.04. The number of ether oxygens (including phenoxy) is 1. The van der Waals surface area contributed by atoms with Crippen molar-refractivity contribution in [3.8, 4) is 5.19 Å². The van der Waals surface area contributed by atoms with Crippen molar-refractivity contribution in [3.63, 3.8) is 0 Å². The van der Waals surface area contributed by atoms with Crippen LogP contribution in [0.4, 0.5) is 0 Å². The summed E-state index contributed by atoms with van der Waals surface area (Å²) in [6.45, 7) is 4.79. The topological polar surface area (TPSA) is 51.4 Å². The Morgan fingerprint density at radius 1 is 1.47 bits per heavy atom. The van der Waals surface area contributed by atoms with Gasteiger partial charge in [-0.1, -0.05) is 11.3 Å². The van der Waals surface area contributed by atoms with E-state index in [0.29, 0.717) is 6.10 Å². The fourth-order valence-corrected chi connectivity index (χ4v) is 2.86. The summed E-state index contributed by atoms with van der Waals surface area (Å²) in [5.74, 6) is 0.733. The Bertz CT molecular complexity index is 504.